The van der Waals surface area contributed by atoms with E-state index in [9.17, 15) is 14.2 Å². The van der Waals surface area contributed by atoms with Crippen molar-refractivity contribution in [2.24, 2.45) is 11.8 Å². The van der Waals surface area contributed by atoms with Gasteiger partial charge in [-0.25, -0.2) is 4.57 Å². The van der Waals surface area contributed by atoms with Crippen molar-refractivity contribution in [3.8, 4) is 0 Å². The normalized spacial score (nSPS) is 12.5. The molecule has 0 fully saturated rings. The van der Waals surface area contributed by atoms with Crippen LogP contribution in [-0.4, -0.2) is 41.0 Å². The molecule has 0 unspecified atom stereocenters. The third kappa shape index (κ3) is 45.7. The van der Waals surface area contributed by atoms with E-state index in [2.05, 4.69) is 32.2 Å². The third-order valence-corrected chi connectivity index (χ3v) is 11.5. The topological polar surface area (TPSA) is 119 Å². The van der Waals surface area contributed by atoms with Gasteiger partial charge in [0.15, 0.2) is 6.10 Å². The number of unbranched alkanes of at least 4 members (excludes halogenated alkanes) is 30. The highest BCUT2D eigenvalue weighted by Crippen LogP contribution is 2.36. The van der Waals surface area contributed by atoms with Crippen molar-refractivity contribution in [3.05, 3.63) is 0 Å². The Kier molecular flexibility index (Phi) is 40.1. The van der Waals surface area contributed by atoms with Crippen molar-refractivity contribution in [2.75, 3.05) is 13.2 Å². The average Bonchev–Trinajstić information content (AvgIpc) is 3.14. The smallest absolute Gasteiger partial charge is 0.462 e. The van der Waals surface area contributed by atoms with Crippen molar-refractivity contribution >= 4 is 19.8 Å². The predicted molar refractivity (Wildman–Crippen MR) is 235 cm³/mol. The molecule has 0 amide bonds. The van der Waals surface area contributed by atoms with E-state index in [1.807, 2.05) is 0 Å². The molecule has 0 saturated carbocycles. The second-order valence-electron chi connectivity index (χ2n) is 17.8. The molecule has 2 N–H and O–H groups in total. The van der Waals surface area contributed by atoms with Crippen LogP contribution in [0.2, 0.25) is 0 Å². The van der Waals surface area contributed by atoms with E-state index in [1.54, 1.807) is 0 Å². The highest BCUT2D eigenvalue weighted by atomic mass is 31.2. The summed E-state index contributed by atoms with van der Waals surface area (Å²) in [7, 11) is -4.75. The molecule has 0 saturated heterocycles. The summed E-state index contributed by atoms with van der Waals surface area (Å²) in [5.74, 6) is 0.817. The summed E-state index contributed by atoms with van der Waals surface area (Å²) < 4.78 is 26.5. The van der Waals surface area contributed by atoms with Gasteiger partial charge in [-0.2, -0.15) is 0 Å². The van der Waals surface area contributed by atoms with Gasteiger partial charge in [0.2, 0.25) is 0 Å². The zero-order valence-electron chi connectivity index (χ0n) is 37.4. The lowest BCUT2D eigenvalue weighted by molar-refractivity contribution is -0.161. The molecule has 8 nitrogen and oxygen atoms in total. The van der Waals surface area contributed by atoms with Gasteiger partial charge in [-0.1, -0.05) is 233 Å². The van der Waals surface area contributed by atoms with Gasteiger partial charge in [0.25, 0.3) is 0 Å². The van der Waals surface area contributed by atoms with E-state index >= 15 is 0 Å². The molecule has 0 aromatic heterocycles. The predicted octanol–water partition coefficient (Wildman–Crippen LogP) is 14.9. The van der Waals surface area contributed by atoms with Crippen LogP contribution in [0.5, 0.6) is 0 Å². The van der Waals surface area contributed by atoms with Crippen LogP contribution >= 0.6 is 7.82 Å². The average molecular weight is 817 g/mol. The summed E-state index contributed by atoms with van der Waals surface area (Å²) in [6.07, 6.45) is 42.6. The summed E-state index contributed by atoms with van der Waals surface area (Å²) >= 11 is 0. The maximum atomic E-state index is 12.5. The first-order chi connectivity index (χ1) is 27.0. The van der Waals surface area contributed by atoms with Gasteiger partial charge in [-0.15, -0.1) is 0 Å². The fourth-order valence-electron chi connectivity index (χ4n) is 7.39. The monoisotopic (exact) mass is 817 g/mol. The largest absolute Gasteiger partial charge is 0.469 e. The lowest BCUT2D eigenvalue weighted by Crippen LogP contribution is -2.29. The number of hydrogen-bond acceptors (Lipinski definition) is 6. The van der Waals surface area contributed by atoms with E-state index in [0.29, 0.717) is 6.42 Å². The number of rotatable bonds is 44. The molecule has 0 radical (unpaired) electrons. The number of esters is 2. The Labute approximate surface area is 346 Å². The van der Waals surface area contributed by atoms with Crippen molar-refractivity contribution in [2.45, 2.75) is 265 Å². The Balaban J connectivity index is 3.79. The SMILES string of the molecule is CC(C)CCCCCCCCCCCCCCCCCCCCC(=O)O[C@H](COC(=O)CCCCCCCCCCCCCCCCC(C)C)COP(=O)(O)O. The van der Waals surface area contributed by atoms with Crippen LogP contribution in [0.15, 0.2) is 0 Å². The lowest BCUT2D eigenvalue weighted by Gasteiger charge is -2.18. The molecule has 0 rings (SSSR count). The number of hydrogen-bond donors (Lipinski definition) is 2. The molecule has 1 atom stereocenters. The highest BCUT2D eigenvalue weighted by Gasteiger charge is 2.23. The maximum absolute atomic E-state index is 12.5. The minimum absolute atomic E-state index is 0.220. The molecule has 0 aliphatic rings. The second-order valence-corrected chi connectivity index (χ2v) is 19.0. The zero-order chi connectivity index (χ0) is 41.4. The minimum atomic E-state index is -4.75. The van der Waals surface area contributed by atoms with Crippen LogP contribution in [0.1, 0.15) is 259 Å². The first kappa shape index (κ1) is 55.0. The fraction of sp³-hybridized carbons (Fsp3) is 0.957. The number of ether oxygens (including phenoxy) is 2. The van der Waals surface area contributed by atoms with Crippen LogP contribution in [0.25, 0.3) is 0 Å². The molecular weight excluding hydrogens is 723 g/mol. The summed E-state index contributed by atoms with van der Waals surface area (Å²) in [6.45, 7) is 8.44. The van der Waals surface area contributed by atoms with Crippen LogP contribution < -0.4 is 0 Å². The molecule has 0 spiro atoms. The Morgan fingerprint density at radius 3 is 0.964 bits per heavy atom. The maximum Gasteiger partial charge on any atom is 0.469 e. The molecule has 0 aliphatic heterocycles. The number of phosphoric ester groups is 1. The Hall–Kier alpha value is -0.950. The molecule has 9 heteroatoms. The van der Waals surface area contributed by atoms with Gasteiger partial charge in [-0.05, 0) is 24.7 Å². The molecule has 56 heavy (non-hydrogen) atoms. The quantitative estimate of drug-likeness (QED) is 0.0354. The molecular formula is C47H93O8P. The Morgan fingerprint density at radius 1 is 0.411 bits per heavy atom. The third-order valence-electron chi connectivity index (χ3n) is 11.0. The lowest BCUT2D eigenvalue weighted by atomic mass is 10.0. The Morgan fingerprint density at radius 2 is 0.679 bits per heavy atom. The molecule has 0 aromatic rings. The first-order valence-corrected chi connectivity index (χ1v) is 25.6. The van der Waals surface area contributed by atoms with Gasteiger partial charge in [0, 0.05) is 12.8 Å². The fourth-order valence-corrected chi connectivity index (χ4v) is 7.75. The number of carbonyl (C=O) groups is 2. The number of carbonyl (C=O) groups excluding carboxylic acids is 2. The summed E-state index contributed by atoms with van der Waals surface area (Å²) in [5.41, 5.74) is 0. The summed E-state index contributed by atoms with van der Waals surface area (Å²) in [5, 5.41) is 0. The van der Waals surface area contributed by atoms with E-state index in [-0.39, 0.29) is 19.4 Å². The van der Waals surface area contributed by atoms with E-state index in [1.165, 1.54) is 180 Å². The van der Waals surface area contributed by atoms with E-state index in [0.717, 1.165) is 43.9 Å². The van der Waals surface area contributed by atoms with Crippen LogP contribution in [-0.2, 0) is 28.2 Å². The second kappa shape index (κ2) is 40.8. The van der Waals surface area contributed by atoms with E-state index < -0.39 is 32.5 Å². The van der Waals surface area contributed by atoms with Crippen molar-refractivity contribution in [1.82, 2.24) is 0 Å². The molecule has 334 valence electrons. The van der Waals surface area contributed by atoms with Crippen molar-refractivity contribution in [3.63, 3.8) is 0 Å². The highest BCUT2D eigenvalue weighted by molar-refractivity contribution is 7.46. The Bertz CT molecular complexity index is 905. The van der Waals surface area contributed by atoms with Crippen LogP contribution in [0.3, 0.4) is 0 Å². The standard InChI is InChI=1S/C47H93O8P/c1-43(2)37-33-29-25-21-17-13-9-7-5-6-8-10-16-20-24-28-32-36-40-47(49)55-45(42-54-56(50,51)52)41-53-46(48)39-35-31-27-23-19-15-12-11-14-18-22-26-30-34-38-44(3)4/h43-45H,5-42H2,1-4H3,(H2,50,51,52)/t45-/m1/s1. The minimum Gasteiger partial charge on any atom is -0.462 e. The van der Waals surface area contributed by atoms with Gasteiger partial charge in [-0.3, -0.25) is 14.1 Å². The molecule has 0 bridgehead atoms. The van der Waals surface area contributed by atoms with Crippen LogP contribution in [0, 0.1) is 11.8 Å². The molecule has 0 aliphatic carbocycles. The van der Waals surface area contributed by atoms with E-state index in [4.69, 9.17) is 19.3 Å². The van der Waals surface area contributed by atoms with Crippen molar-refractivity contribution < 1.29 is 37.9 Å². The zero-order valence-corrected chi connectivity index (χ0v) is 38.3. The molecule has 0 aromatic carbocycles. The van der Waals surface area contributed by atoms with Gasteiger partial charge in [0.1, 0.15) is 6.61 Å². The summed E-state index contributed by atoms with van der Waals surface area (Å²) in [4.78, 5) is 43.0. The molecule has 0 heterocycles. The first-order valence-electron chi connectivity index (χ1n) is 24.0. The van der Waals surface area contributed by atoms with Gasteiger partial charge < -0.3 is 19.3 Å². The van der Waals surface area contributed by atoms with Crippen molar-refractivity contribution in [1.29, 1.82) is 0 Å². The number of phosphoric acid groups is 1. The van der Waals surface area contributed by atoms with Gasteiger partial charge in [0.05, 0.1) is 6.61 Å². The summed E-state index contributed by atoms with van der Waals surface area (Å²) in [6, 6.07) is 0. The van der Waals surface area contributed by atoms with Gasteiger partial charge >= 0.3 is 19.8 Å². The van der Waals surface area contributed by atoms with Crippen LogP contribution in [0.4, 0.5) is 0 Å².